The fourth-order valence-corrected chi connectivity index (χ4v) is 2.68. The number of benzene rings is 1. The molecule has 1 aromatic carbocycles. The highest BCUT2D eigenvalue weighted by Crippen LogP contribution is 2.34. The van der Waals surface area contributed by atoms with Crippen LogP contribution in [0.25, 0.3) is 0 Å². The van der Waals surface area contributed by atoms with Crippen molar-refractivity contribution in [1.82, 2.24) is 0 Å². The van der Waals surface area contributed by atoms with Crippen LogP contribution in [0.5, 0.6) is 5.75 Å². The standard InChI is InChI=1S/C14H18F3NO.ClH/c15-14(16,17)19-12-8-4-7-11(9-12)13(18)10-5-2-1-3-6-10;/h4,7-10,13H,1-3,5-6,18H2;1H/t13-;/m0./s1. The van der Waals surface area contributed by atoms with Crippen LogP contribution < -0.4 is 10.5 Å². The van der Waals surface area contributed by atoms with Crippen molar-refractivity contribution in [1.29, 1.82) is 0 Å². The van der Waals surface area contributed by atoms with Crippen molar-refractivity contribution in [2.24, 2.45) is 11.7 Å². The first kappa shape index (κ1) is 17.1. The van der Waals surface area contributed by atoms with Crippen LogP contribution in [0, 0.1) is 5.92 Å². The molecular weight excluding hydrogens is 291 g/mol. The van der Waals surface area contributed by atoms with Gasteiger partial charge >= 0.3 is 6.36 Å². The highest BCUT2D eigenvalue weighted by molar-refractivity contribution is 5.85. The molecule has 0 saturated heterocycles. The van der Waals surface area contributed by atoms with E-state index in [1.807, 2.05) is 0 Å². The lowest BCUT2D eigenvalue weighted by Crippen LogP contribution is -2.24. The third-order valence-electron chi connectivity index (χ3n) is 3.63. The van der Waals surface area contributed by atoms with Crippen LogP contribution in [-0.2, 0) is 0 Å². The first-order chi connectivity index (χ1) is 8.96. The maximum absolute atomic E-state index is 12.2. The van der Waals surface area contributed by atoms with E-state index in [2.05, 4.69) is 4.74 Å². The SMILES string of the molecule is Cl.N[C@H](c1cccc(OC(F)(F)F)c1)C1CCCCC1. The normalized spacial score (nSPS) is 18.2. The monoisotopic (exact) mass is 309 g/mol. The van der Waals surface area contributed by atoms with Gasteiger partial charge in [0.15, 0.2) is 0 Å². The summed E-state index contributed by atoms with van der Waals surface area (Å²) >= 11 is 0. The Balaban J connectivity index is 0.00000200. The molecule has 1 aromatic rings. The number of hydrogen-bond donors (Lipinski definition) is 1. The van der Waals surface area contributed by atoms with Gasteiger partial charge in [-0.3, -0.25) is 0 Å². The summed E-state index contributed by atoms with van der Waals surface area (Å²) in [6.07, 6.45) is 0.958. The average molecular weight is 310 g/mol. The zero-order valence-electron chi connectivity index (χ0n) is 11.0. The van der Waals surface area contributed by atoms with E-state index in [-0.39, 0.29) is 24.2 Å². The highest BCUT2D eigenvalue weighted by Gasteiger charge is 2.31. The second kappa shape index (κ2) is 7.18. The van der Waals surface area contributed by atoms with Gasteiger partial charge in [-0.05, 0) is 36.5 Å². The van der Waals surface area contributed by atoms with Crippen molar-refractivity contribution in [2.45, 2.75) is 44.5 Å². The Morgan fingerprint density at radius 2 is 1.80 bits per heavy atom. The molecular formula is C14H19ClF3NO. The van der Waals surface area contributed by atoms with Gasteiger partial charge in [0.25, 0.3) is 0 Å². The summed E-state index contributed by atoms with van der Waals surface area (Å²) in [5, 5.41) is 0. The predicted octanol–water partition coefficient (Wildman–Crippen LogP) is 4.59. The Hall–Kier alpha value is -0.940. The molecule has 1 saturated carbocycles. The van der Waals surface area contributed by atoms with Gasteiger partial charge in [0.05, 0.1) is 0 Å². The topological polar surface area (TPSA) is 35.2 Å². The maximum Gasteiger partial charge on any atom is 0.573 e. The number of alkyl halides is 3. The lowest BCUT2D eigenvalue weighted by Gasteiger charge is -2.28. The number of ether oxygens (including phenoxy) is 1. The summed E-state index contributed by atoms with van der Waals surface area (Å²) in [5.74, 6) is 0.158. The van der Waals surface area contributed by atoms with Crippen LogP contribution in [0.15, 0.2) is 24.3 Å². The molecule has 0 bridgehead atoms. The zero-order chi connectivity index (χ0) is 13.9. The van der Waals surface area contributed by atoms with Crippen molar-refractivity contribution in [3.05, 3.63) is 29.8 Å². The molecule has 0 amide bonds. The quantitative estimate of drug-likeness (QED) is 0.886. The van der Waals surface area contributed by atoms with Gasteiger partial charge in [0.1, 0.15) is 5.75 Å². The Labute approximate surface area is 122 Å². The summed E-state index contributed by atoms with van der Waals surface area (Å²) in [4.78, 5) is 0. The van der Waals surface area contributed by atoms with E-state index in [1.165, 1.54) is 18.6 Å². The first-order valence-corrected chi connectivity index (χ1v) is 6.57. The van der Waals surface area contributed by atoms with E-state index in [4.69, 9.17) is 5.73 Å². The molecule has 0 aliphatic heterocycles. The van der Waals surface area contributed by atoms with Gasteiger partial charge in [-0.25, -0.2) is 0 Å². The molecule has 2 nitrogen and oxygen atoms in total. The molecule has 2 N–H and O–H groups in total. The number of halogens is 4. The van der Waals surface area contributed by atoms with Crippen LogP contribution in [0.3, 0.4) is 0 Å². The molecule has 0 spiro atoms. The van der Waals surface area contributed by atoms with Crippen LogP contribution in [0.2, 0.25) is 0 Å². The van der Waals surface area contributed by atoms with E-state index in [0.717, 1.165) is 25.7 Å². The van der Waals surface area contributed by atoms with Crippen LogP contribution in [-0.4, -0.2) is 6.36 Å². The molecule has 1 aliphatic rings. The molecule has 0 unspecified atom stereocenters. The van der Waals surface area contributed by atoms with E-state index < -0.39 is 6.36 Å². The van der Waals surface area contributed by atoms with Crippen molar-refractivity contribution >= 4 is 12.4 Å². The van der Waals surface area contributed by atoms with Crippen molar-refractivity contribution in [3.63, 3.8) is 0 Å². The van der Waals surface area contributed by atoms with Crippen LogP contribution >= 0.6 is 12.4 Å². The Morgan fingerprint density at radius 3 is 2.40 bits per heavy atom. The highest BCUT2D eigenvalue weighted by atomic mass is 35.5. The van der Waals surface area contributed by atoms with E-state index >= 15 is 0 Å². The minimum Gasteiger partial charge on any atom is -0.406 e. The third kappa shape index (κ3) is 4.87. The molecule has 0 aromatic heterocycles. The summed E-state index contributed by atoms with van der Waals surface area (Å²) < 4.78 is 40.5. The van der Waals surface area contributed by atoms with Gasteiger partial charge in [-0.2, -0.15) is 0 Å². The van der Waals surface area contributed by atoms with Crippen LogP contribution in [0.4, 0.5) is 13.2 Å². The second-order valence-corrected chi connectivity index (χ2v) is 5.04. The number of rotatable bonds is 3. The predicted molar refractivity (Wildman–Crippen MR) is 73.9 cm³/mol. The Morgan fingerprint density at radius 1 is 1.15 bits per heavy atom. The fraction of sp³-hybridized carbons (Fsp3) is 0.571. The molecule has 6 heteroatoms. The van der Waals surface area contributed by atoms with Crippen molar-refractivity contribution < 1.29 is 17.9 Å². The van der Waals surface area contributed by atoms with E-state index in [9.17, 15) is 13.2 Å². The Bertz CT molecular complexity index is 419. The third-order valence-corrected chi connectivity index (χ3v) is 3.63. The minimum atomic E-state index is -4.66. The summed E-state index contributed by atoms with van der Waals surface area (Å²) in [6.45, 7) is 0. The van der Waals surface area contributed by atoms with Crippen LogP contribution in [0.1, 0.15) is 43.7 Å². The molecule has 20 heavy (non-hydrogen) atoms. The van der Waals surface area contributed by atoms with Gasteiger partial charge in [-0.15, -0.1) is 25.6 Å². The lowest BCUT2D eigenvalue weighted by molar-refractivity contribution is -0.274. The van der Waals surface area contributed by atoms with Gasteiger partial charge in [0, 0.05) is 6.04 Å². The Kier molecular flexibility index (Phi) is 6.14. The van der Waals surface area contributed by atoms with Gasteiger partial charge in [0.2, 0.25) is 0 Å². The summed E-state index contributed by atoms with van der Waals surface area (Å²) in [6, 6.07) is 5.80. The first-order valence-electron chi connectivity index (χ1n) is 6.57. The molecule has 1 fully saturated rings. The second-order valence-electron chi connectivity index (χ2n) is 5.04. The zero-order valence-corrected chi connectivity index (χ0v) is 11.8. The molecule has 0 radical (unpaired) electrons. The minimum absolute atomic E-state index is 0. The maximum atomic E-state index is 12.2. The van der Waals surface area contributed by atoms with Gasteiger partial charge < -0.3 is 10.5 Å². The van der Waals surface area contributed by atoms with Crippen molar-refractivity contribution in [3.8, 4) is 5.75 Å². The smallest absolute Gasteiger partial charge is 0.406 e. The lowest BCUT2D eigenvalue weighted by atomic mass is 9.81. The molecule has 0 heterocycles. The molecule has 1 aliphatic carbocycles. The molecule has 1 atom stereocenters. The number of hydrogen-bond acceptors (Lipinski definition) is 2. The largest absolute Gasteiger partial charge is 0.573 e. The molecule has 114 valence electrons. The number of nitrogens with two attached hydrogens (primary N) is 1. The van der Waals surface area contributed by atoms with Crippen molar-refractivity contribution in [2.75, 3.05) is 0 Å². The fourth-order valence-electron chi connectivity index (χ4n) is 2.68. The van der Waals surface area contributed by atoms with E-state index in [0.29, 0.717) is 11.5 Å². The summed E-state index contributed by atoms with van der Waals surface area (Å²) in [7, 11) is 0. The average Bonchev–Trinajstić information content (AvgIpc) is 2.37. The van der Waals surface area contributed by atoms with E-state index in [1.54, 1.807) is 12.1 Å². The molecule has 2 rings (SSSR count). The van der Waals surface area contributed by atoms with Gasteiger partial charge in [-0.1, -0.05) is 31.4 Å². The summed E-state index contributed by atoms with van der Waals surface area (Å²) in [5.41, 5.74) is 6.88.